The van der Waals surface area contributed by atoms with Gasteiger partial charge in [-0.1, -0.05) is 68.4 Å². The quantitative estimate of drug-likeness (QED) is 0.246. The monoisotopic (exact) mass is 498 g/mol. The molecule has 4 aromatic rings. The minimum Gasteiger partial charge on any atom is -0.444 e. The lowest BCUT2D eigenvalue weighted by molar-refractivity contribution is -0.118. The van der Waals surface area contributed by atoms with Crippen molar-refractivity contribution in [3.05, 3.63) is 83.4 Å². The molecule has 4 aromatic carbocycles. The number of hydrogen-bond donors (Lipinski definition) is 2. The minimum atomic E-state index is -0.559. The predicted molar refractivity (Wildman–Crippen MR) is 150 cm³/mol. The zero-order valence-electron chi connectivity index (χ0n) is 22.1. The number of amides is 2. The number of aryl methyl sites for hydroxylation is 1. The van der Waals surface area contributed by atoms with Gasteiger partial charge in [0.05, 0.1) is 12.7 Å². The van der Waals surface area contributed by atoms with E-state index in [1.165, 1.54) is 0 Å². The predicted octanol–water partition coefficient (Wildman–Crippen LogP) is 7.57. The first-order valence-corrected chi connectivity index (χ1v) is 12.6. The molecule has 2 N–H and O–H groups in total. The van der Waals surface area contributed by atoms with Gasteiger partial charge < -0.3 is 14.8 Å². The van der Waals surface area contributed by atoms with Gasteiger partial charge in [-0.2, -0.15) is 0 Å². The summed E-state index contributed by atoms with van der Waals surface area (Å²) >= 11 is 0. The Morgan fingerprint density at radius 1 is 0.757 bits per heavy atom. The van der Waals surface area contributed by atoms with Gasteiger partial charge in [-0.15, -0.1) is 0 Å². The average molecular weight is 499 g/mol. The molecule has 0 saturated carbocycles. The first-order valence-electron chi connectivity index (χ1n) is 12.6. The maximum Gasteiger partial charge on any atom is 0.411 e. The Morgan fingerprint density at radius 2 is 1.30 bits per heavy atom. The molecule has 0 fully saturated rings. The summed E-state index contributed by atoms with van der Waals surface area (Å²) in [6.07, 6.45) is -0.444. The Balaban J connectivity index is 1.59. The highest BCUT2D eigenvalue weighted by atomic mass is 16.5. The second-order valence-electron chi connectivity index (χ2n) is 9.78. The summed E-state index contributed by atoms with van der Waals surface area (Å²) in [5.41, 5.74) is 4.15. The molecule has 0 bridgehead atoms. The molecule has 4 rings (SSSR count). The van der Waals surface area contributed by atoms with Gasteiger partial charge in [0, 0.05) is 22.9 Å². The summed E-state index contributed by atoms with van der Waals surface area (Å²) in [5.74, 6) is -0.228. The number of carbonyl (C=O) groups excluding carboxylic acids is 2. The molecule has 0 radical (unpaired) electrons. The van der Waals surface area contributed by atoms with Crippen LogP contribution in [0.4, 0.5) is 16.2 Å². The van der Waals surface area contributed by atoms with Crippen LogP contribution < -0.4 is 10.6 Å². The fraction of sp³-hybridized carbons (Fsp3) is 0.290. The lowest BCUT2D eigenvalue weighted by atomic mass is 9.92. The summed E-state index contributed by atoms with van der Waals surface area (Å²) in [6.45, 7) is 10.2. The topological polar surface area (TPSA) is 76.7 Å². The van der Waals surface area contributed by atoms with E-state index in [1.54, 1.807) is 6.07 Å². The molecule has 0 aliphatic rings. The lowest BCUT2D eigenvalue weighted by Crippen LogP contribution is -2.18. The van der Waals surface area contributed by atoms with E-state index in [9.17, 15) is 9.59 Å². The van der Waals surface area contributed by atoms with Gasteiger partial charge in [0.2, 0.25) is 5.91 Å². The van der Waals surface area contributed by atoms with Crippen LogP contribution in [0.2, 0.25) is 0 Å². The SMILES string of the molecule is Cc1ccc(NC(=O)C(C)C)cc1NC(=O)OCc1c2ccccc2c(COC(C)C)c2ccccc12. The van der Waals surface area contributed by atoms with E-state index in [-0.39, 0.29) is 24.5 Å². The van der Waals surface area contributed by atoms with E-state index < -0.39 is 6.09 Å². The van der Waals surface area contributed by atoms with Crippen molar-refractivity contribution in [3.8, 4) is 0 Å². The van der Waals surface area contributed by atoms with Crippen LogP contribution in [0.15, 0.2) is 66.7 Å². The number of benzene rings is 4. The van der Waals surface area contributed by atoms with Gasteiger partial charge in [-0.05, 0) is 65.6 Å². The highest BCUT2D eigenvalue weighted by molar-refractivity contribution is 6.06. The van der Waals surface area contributed by atoms with E-state index in [2.05, 4.69) is 34.9 Å². The summed E-state index contributed by atoms with van der Waals surface area (Å²) in [7, 11) is 0. The molecular formula is C31H34N2O4. The summed E-state index contributed by atoms with van der Waals surface area (Å²) < 4.78 is 11.7. The summed E-state index contributed by atoms with van der Waals surface area (Å²) in [6, 6.07) is 21.7. The summed E-state index contributed by atoms with van der Waals surface area (Å²) in [4.78, 5) is 24.9. The Bertz CT molecular complexity index is 1390. The van der Waals surface area contributed by atoms with Crippen LogP contribution >= 0.6 is 0 Å². The van der Waals surface area contributed by atoms with Crippen LogP contribution in [0.1, 0.15) is 44.4 Å². The second-order valence-corrected chi connectivity index (χ2v) is 9.78. The Hall–Kier alpha value is -3.90. The number of ether oxygens (including phenoxy) is 2. The van der Waals surface area contributed by atoms with Gasteiger partial charge in [0.15, 0.2) is 0 Å². The van der Waals surface area contributed by atoms with Crippen molar-refractivity contribution in [1.82, 2.24) is 0 Å². The fourth-order valence-electron chi connectivity index (χ4n) is 4.27. The highest BCUT2D eigenvalue weighted by Gasteiger charge is 2.16. The van der Waals surface area contributed by atoms with Gasteiger partial charge in [0.1, 0.15) is 6.61 Å². The lowest BCUT2D eigenvalue weighted by Gasteiger charge is -2.18. The zero-order chi connectivity index (χ0) is 26.5. The highest BCUT2D eigenvalue weighted by Crippen LogP contribution is 2.34. The molecule has 0 unspecified atom stereocenters. The largest absolute Gasteiger partial charge is 0.444 e. The zero-order valence-corrected chi connectivity index (χ0v) is 22.1. The Kier molecular flexibility index (Phi) is 8.09. The number of hydrogen-bond acceptors (Lipinski definition) is 4. The maximum atomic E-state index is 12.9. The first kappa shape index (κ1) is 26.2. The van der Waals surface area contributed by atoms with E-state index in [4.69, 9.17) is 9.47 Å². The normalized spacial score (nSPS) is 11.3. The van der Waals surface area contributed by atoms with E-state index >= 15 is 0 Å². The van der Waals surface area contributed by atoms with Gasteiger partial charge in [-0.3, -0.25) is 10.1 Å². The molecule has 6 heteroatoms. The van der Waals surface area contributed by atoms with Crippen molar-refractivity contribution < 1.29 is 19.1 Å². The number of carbonyl (C=O) groups is 2. The van der Waals surface area contributed by atoms with Gasteiger partial charge >= 0.3 is 6.09 Å². The van der Waals surface area contributed by atoms with Crippen LogP contribution in [0, 0.1) is 12.8 Å². The molecule has 0 heterocycles. The van der Waals surface area contributed by atoms with Crippen molar-refractivity contribution in [2.45, 2.75) is 53.9 Å². The molecule has 0 aromatic heterocycles. The number of fused-ring (bicyclic) bond motifs is 2. The third kappa shape index (κ3) is 6.09. The smallest absolute Gasteiger partial charge is 0.411 e. The number of anilines is 2. The van der Waals surface area contributed by atoms with E-state index in [0.717, 1.165) is 38.2 Å². The molecule has 2 amide bonds. The molecule has 0 atom stereocenters. The van der Waals surface area contributed by atoms with Crippen molar-refractivity contribution in [1.29, 1.82) is 0 Å². The van der Waals surface area contributed by atoms with Crippen molar-refractivity contribution in [3.63, 3.8) is 0 Å². The average Bonchev–Trinajstić information content (AvgIpc) is 2.87. The van der Waals surface area contributed by atoms with Crippen molar-refractivity contribution >= 4 is 44.9 Å². The van der Waals surface area contributed by atoms with E-state index in [1.807, 2.05) is 71.0 Å². The van der Waals surface area contributed by atoms with Crippen LogP contribution in [-0.2, 0) is 27.5 Å². The van der Waals surface area contributed by atoms with Crippen LogP contribution in [-0.4, -0.2) is 18.1 Å². The number of nitrogens with one attached hydrogen (secondary N) is 2. The maximum absolute atomic E-state index is 12.9. The van der Waals surface area contributed by atoms with Gasteiger partial charge in [0.25, 0.3) is 0 Å². The van der Waals surface area contributed by atoms with Crippen LogP contribution in [0.3, 0.4) is 0 Å². The van der Waals surface area contributed by atoms with Crippen LogP contribution in [0.5, 0.6) is 0 Å². The molecule has 0 aliphatic heterocycles. The Morgan fingerprint density at radius 3 is 1.81 bits per heavy atom. The van der Waals surface area contributed by atoms with Gasteiger partial charge in [-0.25, -0.2) is 4.79 Å². The fourth-order valence-corrected chi connectivity index (χ4v) is 4.27. The molecule has 6 nitrogen and oxygen atoms in total. The van der Waals surface area contributed by atoms with Crippen molar-refractivity contribution in [2.75, 3.05) is 10.6 Å². The van der Waals surface area contributed by atoms with Crippen LogP contribution in [0.25, 0.3) is 21.5 Å². The molecule has 37 heavy (non-hydrogen) atoms. The standard InChI is InChI=1S/C31H34N2O4/c1-19(2)30(34)32-22-15-14-21(5)29(16-22)33-31(35)37-18-28-25-12-8-6-10-23(25)27(17-36-20(3)4)24-11-7-9-13-26(24)28/h6-16,19-20H,17-18H2,1-5H3,(H,32,34)(H,33,35). The number of rotatable bonds is 8. The minimum absolute atomic E-state index is 0.0848. The van der Waals surface area contributed by atoms with Crippen molar-refractivity contribution in [2.24, 2.45) is 5.92 Å². The third-order valence-electron chi connectivity index (χ3n) is 6.33. The molecule has 0 aliphatic carbocycles. The molecule has 192 valence electrons. The molecular weight excluding hydrogens is 464 g/mol. The summed E-state index contributed by atoms with van der Waals surface area (Å²) in [5, 5.41) is 9.94. The van der Waals surface area contributed by atoms with E-state index in [0.29, 0.717) is 18.0 Å². The third-order valence-corrected chi connectivity index (χ3v) is 6.33. The second kappa shape index (κ2) is 11.4. The first-order chi connectivity index (χ1) is 17.7. The molecule has 0 saturated heterocycles. The Labute approximate surface area is 218 Å². The molecule has 0 spiro atoms.